The van der Waals surface area contributed by atoms with Gasteiger partial charge in [0.25, 0.3) is 0 Å². The van der Waals surface area contributed by atoms with Crippen molar-refractivity contribution in [3.8, 4) is 0 Å². The van der Waals surface area contributed by atoms with E-state index in [0.29, 0.717) is 0 Å². The van der Waals surface area contributed by atoms with E-state index in [0.717, 1.165) is 22.9 Å². The average Bonchev–Trinajstić information content (AvgIpc) is 2.87. The van der Waals surface area contributed by atoms with E-state index in [2.05, 4.69) is 33.4 Å². The van der Waals surface area contributed by atoms with Crippen LogP contribution < -0.4 is 5.32 Å². The number of nitrogens with one attached hydrogen (secondary N) is 1. The van der Waals surface area contributed by atoms with E-state index in [1.54, 1.807) is 0 Å². The van der Waals surface area contributed by atoms with E-state index in [1.165, 1.54) is 11.1 Å². The van der Waals surface area contributed by atoms with Crippen molar-refractivity contribution in [2.45, 2.75) is 24.9 Å². The summed E-state index contributed by atoms with van der Waals surface area (Å²) >= 11 is 3.48. The maximum Gasteiger partial charge on any atom is 0.325 e. The Kier molecular flexibility index (Phi) is 4.08. The van der Waals surface area contributed by atoms with Gasteiger partial charge in [0.15, 0.2) is 0 Å². The number of carboxylic acid groups (broad SMARTS) is 1. The van der Waals surface area contributed by atoms with Gasteiger partial charge in [0.2, 0.25) is 0 Å². The lowest BCUT2D eigenvalue weighted by atomic mass is 10.0. The molecule has 0 fully saturated rings. The summed E-state index contributed by atoms with van der Waals surface area (Å²) in [7, 11) is 0. The summed E-state index contributed by atoms with van der Waals surface area (Å²) in [6, 6.07) is 15.0. The van der Waals surface area contributed by atoms with Gasteiger partial charge in [0, 0.05) is 10.5 Å². The van der Waals surface area contributed by atoms with Crippen LogP contribution in [0, 0.1) is 0 Å². The summed E-state index contributed by atoms with van der Waals surface area (Å²) in [5, 5.41) is 12.8. The Morgan fingerprint density at radius 3 is 2.71 bits per heavy atom. The van der Waals surface area contributed by atoms with Gasteiger partial charge in [-0.1, -0.05) is 52.3 Å². The number of carbonyl (C=O) groups is 1. The van der Waals surface area contributed by atoms with Crippen LogP contribution in [0.5, 0.6) is 0 Å². The predicted octanol–water partition coefficient (Wildman–Crippen LogP) is 3.85. The molecule has 21 heavy (non-hydrogen) atoms. The van der Waals surface area contributed by atoms with Gasteiger partial charge >= 0.3 is 5.97 Å². The molecule has 0 radical (unpaired) electrons. The Morgan fingerprint density at radius 2 is 2.00 bits per heavy atom. The van der Waals surface area contributed by atoms with Gasteiger partial charge in [-0.25, -0.2) is 0 Å². The molecule has 3 rings (SSSR count). The summed E-state index contributed by atoms with van der Waals surface area (Å²) in [6.07, 6.45) is 1.91. The molecule has 2 N–H and O–H groups in total. The van der Waals surface area contributed by atoms with Crippen LogP contribution in [-0.2, 0) is 11.2 Å². The fraction of sp³-hybridized carbons (Fsp3) is 0.235. The highest BCUT2D eigenvalue weighted by Gasteiger charge is 2.28. The monoisotopic (exact) mass is 345 g/mol. The van der Waals surface area contributed by atoms with Crippen molar-refractivity contribution in [3.05, 3.63) is 69.7 Å². The van der Waals surface area contributed by atoms with Gasteiger partial charge in [-0.15, -0.1) is 0 Å². The largest absolute Gasteiger partial charge is 0.480 e. The minimum atomic E-state index is -0.841. The van der Waals surface area contributed by atoms with Gasteiger partial charge in [-0.3, -0.25) is 10.1 Å². The zero-order chi connectivity index (χ0) is 14.8. The first-order valence-electron chi connectivity index (χ1n) is 6.97. The quantitative estimate of drug-likeness (QED) is 0.884. The second-order valence-corrected chi connectivity index (χ2v) is 6.20. The van der Waals surface area contributed by atoms with Crippen molar-refractivity contribution in [1.29, 1.82) is 0 Å². The molecule has 2 unspecified atom stereocenters. The van der Waals surface area contributed by atoms with Crippen molar-refractivity contribution < 1.29 is 9.90 Å². The van der Waals surface area contributed by atoms with E-state index < -0.39 is 12.0 Å². The Bertz CT molecular complexity index is 657. The number of carboxylic acids is 1. The lowest BCUT2D eigenvalue weighted by molar-refractivity contribution is -0.139. The van der Waals surface area contributed by atoms with Gasteiger partial charge in [0.05, 0.1) is 0 Å². The molecule has 1 aliphatic rings. The Hall–Kier alpha value is -1.65. The molecular formula is C17H16BrNO2. The molecule has 2 aromatic carbocycles. The number of fused-ring (bicyclic) bond motifs is 1. The van der Waals surface area contributed by atoms with E-state index in [9.17, 15) is 9.90 Å². The smallest absolute Gasteiger partial charge is 0.325 e. The third-order valence-corrected chi connectivity index (χ3v) is 4.42. The molecule has 2 atom stereocenters. The normalized spacial score (nSPS) is 18.2. The first kappa shape index (κ1) is 14.3. The summed E-state index contributed by atoms with van der Waals surface area (Å²) < 4.78 is 1.07. The Labute approximate surface area is 132 Å². The third-order valence-electron chi connectivity index (χ3n) is 3.93. The van der Waals surface area contributed by atoms with Crippen LogP contribution in [0.15, 0.2) is 53.0 Å². The van der Waals surface area contributed by atoms with Crippen LogP contribution >= 0.6 is 15.9 Å². The number of halogens is 1. The molecule has 108 valence electrons. The highest BCUT2D eigenvalue weighted by molar-refractivity contribution is 9.10. The summed E-state index contributed by atoms with van der Waals surface area (Å²) in [6.45, 7) is 0. The summed E-state index contributed by atoms with van der Waals surface area (Å²) in [5.74, 6) is -0.841. The van der Waals surface area contributed by atoms with Gasteiger partial charge in [-0.2, -0.15) is 0 Å². The standard InChI is InChI=1S/C17H16BrNO2/c18-13-7-8-14-12(10-13)6-9-15(14)19-16(17(20)21)11-4-2-1-3-5-11/h1-5,7-8,10,15-16,19H,6,9H2,(H,20,21). The highest BCUT2D eigenvalue weighted by Crippen LogP contribution is 2.34. The van der Waals surface area contributed by atoms with Crippen molar-refractivity contribution in [2.24, 2.45) is 0 Å². The lowest BCUT2D eigenvalue weighted by Crippen LogP contribution is -2.31. The fourth-order valence-electron chi connectivity index (χ4n) is 2.92. The van der Waals surface area contributed by atoms with E-state index >= 15 is 0 Å². The number of hydrogen-bond acceptors (Lipinski definition) is 2. The third kappa shape index (κ3) is 3.01. The highest BCUT2D eigenvalue weighted by atomic mass is 79.9. The van der Waals surface area contributed by atoms with Crippen molar-refractivity contribution >= 4 is 21.9 Å². The van der Waals surface area contributed by atoms with Crippen LogP contribution in [-0.4, -0.2) is 11.1 Å². The molecule has 0 bridgehead atoms. The molecule has 0 heterocycles. The predicted molar refractivity (Wildman–Crippen MR) is 85.2 cm³/mol. The van der Waals surface area contributed by atoms with Crippen LogP contribution in [0.4, 0.5) is 0 Å². The molecule has 3 nitrogen and oxygen atoms in total. The van der Waals surface area contributed by atoms with Gasteiger partial charge in [-0.05, 0) is 41.7 Å². The molecule has 0 saturated heterocycles. The SMILES string of the molecule is O=C(O)C(NC1CCc2cc(Br)ccc21)c1ccccc1. The fourth-order valence-corrected chi connectivity index (χ4v) is 3.32. The van der Waals surface area contributed by atoms with Crippen LogP contribution in [0.25, 0.3) is 0 Å². The van der Waals surface area contributed by atoms with E-state index in [1.807, 2.05) is 36.4 Å². The first-order chi connectivity index (χ1) is 10.1. The van der Waals surface area contributed by atoms with Crippen molar-refractivity contribution in [3.63, 3.8) is 0 Å². The average molecular weight is 346 g/mol. The number of hydrogen-bond donors (Lipinski definition) is 2. The summed E-state index contributed by atoms with van der Waals surface area (Å²) in [4.78, 5) is 11.6. The van der Waals surface area contributed by atoms with Crippen LogP contribution in [0.1, 0.15) is 35.2 Å². The van der Waals surface area contributed by atoms with Gasteiger partial charge in [0.1, 0.15) is 6.04 Å². The van der Waals surface area contributed by atoms with Crippen LogP contribution in [0.2, 0.25) is 0 Å². The Morgan fingerprint density at radius 1 is 1.24 bits per heavy atom. The number of aryl methyl sites for hydroxylation is 1. The molecule has 2 aromatic rings. The van der Waals surface area contributed by atoms with Crippen molar-refractivity contribution in [1.82, 2.24) is 5.32 Å². The molecule has 0 spiro atoms. The second-order valence-electron chi connectivity index (χ2n) is 5.28. The van der Waals surface area contributed by atoms with Crippen molar-refractivity contribution in [2.75, 3.05) is 0 Å². The topological polar surface area (TPSA) is 49.3 Å². The lowest BCUT2D eigenvalue weighted by Gasteiger charge is -2.21. The minimum absolute atomic E-state index is 0.0920. The molecule has 4 heteroatoms. The summed E-state index contributed by atoms with van der Waals surface area (Å²) in [5.41, 5.74) is 3.29. The van der Waals surface area contributed by atoms with Crippen LogP contribution in [0.3, 0.4) is 0 Å². The zero-order valence-corrected chi connectivity index (χ0v) is 13.0. The first-order valence-corrected chi connectivity index (χ1v) is 7.76. The number of aliphatic carboxylic acids is 1. The molecule has 0 amide bonds. The second kappa shape index (κ2) is 6.00. The van der Waals surface area contributed by atoms with E-state index in [-0.39, 0.29) is 6.04 Å². The minimum Gasteiger partial charge on any atom is -0.480 e. The van der Waals surface area contributed by atoms with Gasteiger partial charge < -0.3 is 5.11 Å². The Balaban J connectivity index is 1.85. The molecular weight excluding hydrogens is 330 g/mol. The number of rotatable bonds is 4. The molecule has 1 aliphatic carbocycles. The molecule has 0 aliphatic heterocycles. The maximum absolute atomic E-state index is 11.6. The molecule has 0 saturated carbocycles. The molecule has 0 aromatic heterocycles. The van der Waals surface area contributed by atoms with E-state index in [4.69, 9.17) is 0 Å². The zero-order valence-electron chi connectivity index (χ0n) is 11.4. The number of benzene rings is 2. The maximum atomic E-state index is 11.6.